The number of hydrogen-bond donors (Lipinski definition) is 2. The summed E-state index contributed by atoms with van der Waals surface area (Å²) in [4.78, 5) is 36.7. The average molecular weight is 393 g/mol. The molecule has 1 aliphatic rings. The maximum absolute atomic E-state index is 12.7. The van der Waals surface area contributed by atoms with Gasteiger partial charge in [0.1, 0.15) is 0 Å². The molecule has 1 saturated carbocycles. The largest absolute Gasteiger partial charge is 0.550 e. The van der Waals surface area contributed by atoms with Gasteiger partial charge in [0.15, 0.2) is 0 Å². The van der Waals surface area contributed by atoms with Crippen LogP contribution in [0.1, 0.15) is 41.6 Å². The van der Waals surface area contributed by atoms with Gasteiger partial charge in [0.2, 0.25) is 5.91 Å². The highest BCUT2D eigenvalue weighted by molar-refractivity contribution is 6.04. The Morgan fingerprint density at radius 1 is 0.897 bits per heavy atom. The van der Waals surface area contributed by atoms with Crippen LogP contribution in [0.2, 0.25) is 0 Å². The third-order valence-electron chi connectivity index (χ3n) is 5.38. The Hall–Kier alpha value is -3.15. The van der Waals surface area contributed by atoms with Gasteiger partial charge in [0, 0.05) is 24.3 Å². The molecule has 0 saturated heterocycles. The van der Waals surface area contributed by atoms with Crippen molar-refractivity contribution in [2.24, 2.45) is 11.8 Å². The monoisotopic (exact) mass is 393 g/mol. The Morgan fingerprint density at radius 2 is 1.55 bits per heavy atom. The number of benzene rings is 2. The number of amides is 2. The molecule has 1 fully saturated rings. The van der Waals surface area contributed by atoms with Crippen LogP contribution in [0.15, 0.2) is 54.6 Å². The van der Waals surface area contributed by atoms with Crippen molar-refractivity contribution in [1.82, 2.24) is 5.32 Å². The molecule has 2 atom stereocenters. The minimum absolute atomic E-state index is 0.281. The minimum Gasteiger partial charge on any atom is -0.550 e. The van der Waals surface area contributed by atoms with Crippen LogP contribution in [0.3, 0.4) is 0 Å². The van der Waals surface area contributed by atoms with E-state index in [2.05, 4.69) is 10.6 Å². The molecule has 0 aromatic heterocycles. The van der Waals surface area contributed by atoms with E-state index in [9.17, 15) is 19.5 Å². The van der Waals surface area contributed by atoms with Gasteiger partial charge in [-0.15, -0.1) is 0 Å². The van der Waals surface area contributed by atoms with Crippen LogP contribution in [0.5, 0.6) is 0 Å². The number of rotatable bonds is 7. The van der Waals surface area contributed by atoms with E-state index < -0.39 is 17.8 Å². The van der Waals surface area contributed by atoms with Crippen molar-refractivity contribution < 1.29 is 19.5 Å². The summed E-state index contributed by atoms with van der Waals surface area (Å²) in [5.41, 5.74) is 1.87. The molecule has 6 heteroatoms. The number of aliphatic carboxylic acids is 1. The van der Waals surface area contributed by atoms with E-state index in [-0.39, 0.29) is 11.8 Å². The molecule has 0 bridgehead atoms. The highest BCUT2D eigenvalue weighted by Crippen LogP contribution is 2.31. The van der Waals surface area contributed by atoms with Gasteiger partial charge in [-0.05, 0) is 37.0 Å². The van der Waals surface area contributed by atoms with Crippen molar-refractivity contribution in [1.29, 1.82) is 0 Å². The van der Waals surface area contributed by atoms with Crippen LogP contribution in [0, 0.1) is 11.8 Å². The van der Waals surface area contributed by atoms with E-state index in [0.717, 1.165) is 18.4 Å². The number of nitrogens with one attached hydrogen (secondary N) is 2. The fraction of sp³-hybridized carbons (Fsp3) is 0.348. The van der Waals surface area contributed by atoms with Crippen LogP contribution < -0.4 is 15.7 Å². The number of hydrogen-bond acceptors (Lipinski definition) is 4. The summed E-state index contributed by atoms with van der Waals surface area (Å²) < 4.78 is 0. The van der Waals surface area contributed by atoms with E-state index in [1.54, 1.807) is 24.3 Å². The molecule has 0 spiro atoms. The summed E-state index contributed by atoms with van der Waals surface area (Å²) in [6.45, 7) is 0.473. The number of anilines is 1. The molecule has 29 heavy (non-hydrogen) atoms. The fourth-order valence-corrected chi connectivity index (χ4v) is 3.80. The predicted octanol–water partition coefficient (Wildman–Crippen LogP) is 2.15. The van der Waals surface area contributed by atoms with Crippen molar-refractivity contribution in [3.05, 3.63) is 65.7 Å². The lowest BCUT2D eigenvalue weighted by molar-refractivity contribution is -0.313. The lowest BCUT2D eigenvalue weighted by atomic mass is 9.78. The lowest BCUT2D eigenvalue weighted by Gasteiger charge is -2.31. The van der Waals surface area contributed by atoms with Gasteiger partial charge in [0.05, 0.1) is 11.3 Å². The maximum Gasteiger partial charge on any atom is 0.253 e. The lowest BCUT2D eigenvalue weighted by Crippen LogP contribution is -2.42. The van der Waals surface area contributed by atoms with E-state index in [1.807, 2.05) is 30.3 Å². The van der Waals surface area contributed by atoms with Gasteiger partial charge in [-0.3, -0.25) is 9.59 Å². The van der Waals surface area contributed by atoms with E-state index in [1.165, 1.54) is 0 Å². The zero-order valence-corrected chi connectivity index (χ0v) is 16.2. The Balaban J connectivity index is 1.64. The summed E-state index contributed by atoms with van der Waals surface area (Å²) in [6.07, 6.45) is 3.25. The Kier molecular flexibility index (Phi) is 7.00. The second kappa shape index (κ2) is 9.87. The molecule has 0 radical (unpaired) electrons. The number of carbonyl (C=O) groups excluding carboxylic acids is 3. The molecule has 2 aromatic rings. The normalized spacial score (nSPS) is 18.6. The molecule has 1 aliphatic carbocycles. The first-order valence-corrected chi connectivity index (χ1v) is 9.99. The van der Waals surface area contributed by atoms with Gasteiger partial charge < -0.3 is 20.5 Å². The van der Waals surface area contributed by atoms with Crippen LogP contribution >= 0.6 is 0 Å². The molecular formula is C23H25N2O4-. The average Bonchev–Trinajstić information content (AvgIpc) is 2.74. The van der Waals surface area contributed by atoms with Crippen molar-refractivity contribution in [3.8, 4) is 0 Å². The van der Waals surface area contributed by atoms with Crippen LogP contribution in [0.25, 0.3) is 0 Å². The number of carboxylic acid groups (broad SMARTS) is 1. The summed E-state index contributed by atoms with van der Waals surface area (Å²) in [7, 11) is 0. The summed E-state index contributed by atoms with van der Waals surface area (Å²) in [6, 6.07) is 16.6. The third-order valence-corrected chi connectivity index (χ3v) is 5.38. The number of carboxylic acids is 1. The topological polar surface area (TPSA) is 98.3 Å². The zero-order chi connectivity index (χ0) is 20.6. The van der Waals surface area contributed by atoms with Crippen LogP contribution in [-0.4, -0.2) is 24.3 Å². The van der Waals surface area contributed by atoms with E-state index in [0.29, 0.717) is 37.1 Å². The van der Waals surface area contributed by atoms with Crippen molar-refractivity contribution in [2.45, 2.75) is 32.1 Å². The zero-order valence-electron chi connectivity index (χ0n) is 16.2. The molecule has 0 unspecified atom stereocenters. The Labute approximate surface area is 170 Å². The van der Waals surface area contributed by atoms with Gasteiger partial charge >= 0.3 is 0 Å². The van der Waals surface area contributed by atoms with E-state index in [4.69, 9.17) is 0 Å². The Morgan fingerprint density at radius 3 is 2.28 bits per heavy atom. The predicted molar refractivity (Wildman–Crippen MR) is 108 cm³/mol. The molecule has 3 rings (SSSR count). The molecule has 0 heterocycles. The minimum atomic E-state index is -1.18. The van der Waals surface area contributed by atoms with Gasteiger partial charge in [-0.25, -0.2) is 0 Å². The first-order chi connectivity index (χ1) is 14.1. The van der Waals surface area contributed by atoms with Gasteiger partial charge in [-0.2, -0.15) is 0 Å². The SMILES string of the molecule is O=C(NCCc1ccccc1)c1ccccc1NC(=O)[C@H]1CCCC[C@H]1C(=O)[O-]. The van der Waals surface area contributed by atoms with E-state index >= 15 is 0 Å². The Bertz CT molecular complexity index is 866. The first kappa shape index (κ1) is 20.6. The quantitative estimate of drug-likeness (QED) is 0.753. The molecular weight excluding hydrogens is 368 g/mol. The second-order valence-corrected chi connectivity index (χ2v) is 7.34. The van der Waals surface area contributed by atoms with Crippen LogP contribution in [-0.2, 0) is 16.0 Å². The maximum atomic E-state index is 12.7. The molecule has 0 aliphatic heterocycles. The molecule has 6 nitrogen and oxygen atoms in total. The second-order valence-electron chi connectivity index (χ2n) is 7.34. The van der Waals surface area contributed by atoms with Gasteiger partial charge in [0.25, 0.3) is 5.91 Å². The summed E-state index contributed by atoms with van der Waals surface area (Å²) in [5.74, 6) is -3.25. The van der Waals surface area contributed by atoms with Crippen LogP contribution in [0.4, 0.5) is 5.69 Å². The molecule has 2 amide bonds. The van der Waals surface area contributed by atoms with Crippen molar-refractivity contribution in [3.63, 3.8) is 0 Å². The highest BCUT2D eigenvalue weighted by Gasteiger charge is 2.32. The first-order valence-electron chi connectivity index (χ1n) is 9.99. The van der Waals surface area contributed by atoms with Gasteiger partial charge in [-0.1, -0.05) is 55.3 Å². The summed E-state index contributed by atoms with van der Waals surface area (Å²) in [5, 5.41) is 17.0. The molecule has 2 aromatic carbocycles. The molecule has 152 valence electrons. The summed E-state index contributed by atoms with van der Waals surface area (Å²) >= 11 is 0. The standard InChI is InChI=1S/C23H26N2O4/c26-21(24-15-14-16-8-2-1-3-9-16)19-12-6-7-13-20(19)25-22(27)17-10-4-5-11-18(17)23(28)29/h1-3,6-9,12-13,17-18H,4-5,10-11,14-15H2,(H,24,26)(H,25,27)(H,28,29)/p-1/t17-,18+/m0/s1. The molecule has 2 N–H and O–H groups in total. The number of carbonyl (C=O) groups is 3. The smallest absolute Gasteiger partial charge is 0.253 e. The number of para-hydroxylation sites is 1. The van der Waals surface area contributed by atoms with Crippen molar-refractivity contribution in [2.75, 3.05) is 11.9 Å². The fourth-order valence-electron chi connectivity index (χ4n) is 3.80. The highest BCUT2D eigenvalue weighted by atomic mass is 16.4. The van der Waals surface area contributed by atoms with Crippen molar-refractivity contribution >= 4 is 23.5 Å². The third kappa shape index (κ3) is 5.44.